The van der Waals surface area contributed by atoms with E-state index in [4.69, 9.17) is 5.11 Å². The first-order valence-corrected chi connectivity index (χ1v) is 10.5. The summed E-state index contributed by atoms with van der Waals surface area (Å²) in [5.41, 5.74) is 0.476. The summed E-state index contributed by atoms with van der Waals surface area (Å²) in [6.45, 7) is -0.344. The molecule has 3 N–H and O–H groups in total. The van der Waals surface area contributed by atoms with Gasteiger partial charge in [0.25, 0.3) is 0 Å². The fraction of sp³-hybridized carbons (Fsp3) is 0.263. The molecule has 30 heavy (non-hydrogen) atoms. The molecular weight excluding hydrogens is 417 g/mol. The lowest BCUT2D eigenvalue weighted by Gasteiger charge is -2.17. The number of aliphatic hydroxyl groups is 1. The minimum absolute atomic E-state index is 0.0453. The molecule has 1 aromatic heterocycles. The maximum Gasteiger partial charge on any atom is 0.309 e. The second-order valence-electron chi connectivity index (χ2n) is 7.07. The summed E-state index contributed by atoms with van der Waals surface area (Å²) in [5.74, 6) is -1.76. The highest BCUT2D eigenvalue weighted by Crippen LogP contribution is 2.32. The van der Waals surface area contributed by atoms with Crippen molar-refractivity contribution in [3.8, 4) is 5.75 Å². The van der Waals surface area contributed by atoms with Gasteiger partial charge in [0.15, 0.2) is 0 Å². The summed E-state index contributed by atoms with van der Waals surface area (Å²) in [4.78, 5) is 11.1. The van der Waals surface area contributed by atoms with Gasteiger partial charge in [0, 0.05) is 18.5 Å². The first-order valence-electron chi connectivity index (χ1n) is 9.02. The topological polar surface area (TPSA) is 133 Å². The van der Waals surface area contributed by atoms with E-state index in [-0.39, 0.29) is 34.9 Å². The molecule has 9 nitrogen and oxygen atoms in total. The van der Waals surface area contributed by atoms with Gasteiger partial charge in [-0.05, 0) is 42.5 Å². The number of rotatable bonds is 5. The number of hydrogen-bond donors (Lipinski definition) is 3. The Hall–Kier alpha value is -3.02. The number of halogens is 1. The van der Waals surface area contributed by atoms with Gasteiger partial charge in [-0.1, -0.05) is 0 Å². The van der Waals surface area contributed by atoms with Crippen LogP contribution in [0.15, 0.2) is 47.4 Å². The van der Waals surface area contributed by atoms with Crippen molar-refractivity contribution in [2.75, 3.05) is 13.1 Å². The fourth-order valence-electron chi connectivity index (χ4n) is 3.64. The van der Waals surface area contributed by atoms with Crippen LogP contribution in [-0.4, -0.2) is 63.0 Å². The van der Waals surface area contributed by atoms with Crippen LogP contribution in [0.2, 0.25) is 0 Å². The first kappa shape index (κ1) is 20.3. The lowest BCUT2D eigenvalue weighted by atomic mass is 10.1. The normalized spacial score (nSPS) is 20.1. The van der Waals surface area contributed by atoms with E-state index in [0.717, 1.165) is 4.31 Å². The van der Waals surface area contributed by atoms with Crippen molar-refractivity contribution in [1.82, 2.24) is 14.1 Å². The number of aromatic hydroxyl groups is 1. The van der Waals surface area contributed by atoms with Gasteiger partial charge in [-0.2, -0.15) is 9.40 Å². The molecule has 0 unspecified atom stereocenters. The van der Waals surface area contributed by atoms with E-state index in [2.05, 4.69) is 5.10 Å². The number of carbonyl (C=O) groups is 1. The maximum absolute atomic E-state index is 13.8. The lowest BCUT2D eigenvalue weighted by molar-refractivity contribution is -0.136. The molecule has 2 heterocycles. The maximum atomic E-state index is 13.8. The molecule has 1 saturated heterocycles. The Labute approximate surface area is 170 Å². The van der Waals surface area contributed by atoms with Crippen LogP contribution in [0, 0.1) is 5.82 Å². The molecule has 1 aliphatic heterocycles. The number of phenolic OH excluding ortho intramolecular Hbond substituents is 1. The zero-order valence-corrected chi connectivity index (χ0v) is 16.3. The third kappa shape index (κ3) is 3.51. The molecule has 158 valence electrons. The summed E-state index contributed by atoms with van der Waals surface area (Å²) in [7, 11) is -3.95. The highest BCUT2D eigenvalue weighted by Gasteiger charge is 2.40. The van der Waals surface area contributed by atoms with Crippen LogP contribution in [0.4, 0.5) is 4.39 Å². The minimum Gasteiger partial charge on any atom is -0.508 e. The molecule has 0 bridgehead atoms. The van der Waals surface area contributed by atoms with E-state index in [0.29, 0.717) is 5.39 Å². The molecule has 1 fully saturated rings. The van der Waals surface area contributed by atoms with Crippen LogP contribution in [0.1, 0.15) is 11.7 Å². The highest BCUT2D eigenvalue weighted by molar-refractivity contribution is 7.89. The van der Waals surface area contributed by atoms with Crippen molar-refractivity contribution in [3.63, 3.8) is 0 Å². The van der Waals surface area contributed by atoms with Crippen LogP contribution >= 0.6 is 0 Å². The van der Waals surface area contributed by atoms with E-state index >= 15 is 0 Å². The molecular formula is C19H18FN3O6S. The smallest absolute Gasteiger partial charge is 0.309 e. The van der Waals surface area contributed by atoms with Crippen LogP contribution in [-0.2, 0) is 21.2 Å². The van der Waals surface area contributed by atoms with Gasteiger partial charge in [-0.25, -0.2) is 12.8 Å². The van der Waals surface area contributed by atoms with Gasteiger partial charge < -0.3 is 15.3 Å². The lowest BCUT2D eigenvalue weighted by Crippen LogP contribution is -2.29. The minimum atomic E-state index is -3.95. The van der Waals surface area contributed by atoms with Crippen molar-refractivity contribution in [2.24, 2.45) is 0 Å². The average molecular weight is 435 g/mol. The van der Waals surface area contributed by atoms with Gasteiger partial charge in [-0.3, -0.25) is 9.48 Å². The van der Waals surface area contributed by atoms with E-state index in [1.807, 2.05) is 0 Å². The van der Waals surface area contributed by atoms with Crippen molar-refractivity contribution >= 4 is 26.9 Å². The molecule has 0 spiro atoms. The summed E-state index contributed by atoms with van der Waals surface area (Å²) in [5, 5.41) is 33.8. The van der Waals surface area contributed by atoms with E-state index in [9.17, 15) is 27.8 Å². The van der Waals surface area contributed by atoms with Crippen molar-refractivity contribution < 1.29 is 32.9 Å². The molecule has 0 aliphatic carbocycles. The zero-order chi connectivity index (χ0) is 21.6. The van der Waals surface area contributed by atoms with Crippen molar-refractivity contribution in [1.29, 1.82) is 0 Å². The summed E-state index contributed by atoms with van der Waals surface area (Å²) in [6, 6.07) is 7.96. The number of sulfonamides is 1. The van der Waals surface area contributed by atoms with Gasteiger partial charge in [-0.15, -0.1) is 0 Å². The Morgan fingerprint density at radius 2 is 1.87 bits per heavy atom. The molecule has 0 radical (unpaired) electrons. The Morgan fingerprint density at radius 1 is 1.17 bits per heavy atom. The first-order chi connectivity index (χ1) is 14.2. The number of carboxylic acid groups (broad SMARTS) is 1. The fourth-order valence-corrected chi connectivity index (χ4v) is 5.12. The molecule has 0 amide bonds. The number of phenols is 1. The van der Waals surface area contributed by atoms with Gasteiger partial charge in [0.2, 0.25) is 10.0 Å². The van der Waals surface area contributed by atoms with Crippen molar-refractivity contribution in [2.45, 2.75) is 23.5 Å². The molecule has 3 aromatic rings. The molecule has 1 aliphatic rings. The number of aliphatic carboxylic acids is 1. The Kier molecular flexibility index (Phi) is 4.96. The monoisotopic (exact) mass is 435 g/mol. The Balaban J connectivity index is 1.72. The third-order valence-electron chi connectivity index (χ3n) is 5.08. The number of benzene rings is 2. The number of carboxylic acids is 1. The second-order valence-corrected chi connectivity index (χ2v) is 9.01. The standard InChI is InChI=1S/C19H18FN3O6S/c20-11-1-6-14-15(8-19(26)27)21-23(16(14)7-11)17-9-22(10-18(17)25)30(28,29)13-4-2-12(24)3-5-13/h1-7,17-18,24-25H,8-10H2,(H,26,27)/t17-,18-/m0/s1. The number of β-amino-alcohol motifs (C(OH)–C–C–N with tert-alkyl or cyclic N) is 1. The molecule has 4 rings (SSSR count). The van der Waals surface area contributed by atoms with Gasteiger partial charge >= 0.3 is 5.97 Å². The highest BCUT2D eigenvalue weighted by atomic mass is 32.2. The number of aliphatic hydroxyl groups excluding tert-OH is 1. The number of hydrogen-bond acceptors (Lipinski definition) is 6. The van der Waals surface area contributed by atoms with E-state index in [1.165, 1.54) is 47.1 Å². The summed E-state index contributed by atoms with van der Waals surface area (Å²) >= 11 is 0. The second kappa shape index (κ2) is 7.35. The van der Waals surface area contributed by atoms with Crippen molar-refractivity contribution in [3.05, 3.63) is 54.0 Å². The summed E-state index contributed by atoms with van der Waals surface area (Å²) in [6.07, 6.45) is -1.53. The third-order valence-corrected chi connectivity index (χ3v) is 6.92. The van der Waals surface area contributed by atoms with Crippen LogP contribution < -0.4 is 0 Å². The quantitative estimate of drug-likeness (QED) is 0.547. The van der Waals surface area contributed by atoms with E-state index < -0.39 is 40.4 Å². The predicted molar refractivity (Wildman–Crippen MR) is 103 cm³/mol. The Bertz CT molecular complexity index is 1230. The largest absolute Gasteiger partial charge is 0.508 e. The summed E-state index contributed by atoms with van der Waals surface area (Å²) < 4.78 is 42.0. The number of aromatic nitrogens is 2. The van der Waals surface area contributed by atoms with E-state index in [1.54, 1.807) is 0 Å². The van der Waals surface area contributed by atoms with Gasteiger partial charge in [0.1, 0.15) is 11.6 Å². The van der Waals surface area contributed by atoms with Gasteiger partial charge in [0.05, 0.1) is 34.7 Å². The number of fused-ring (bicyclic) bond motifs is 1. The average Bonchev–Trinajstić information content (AvgIpc) is 3.22. The Morgan fingerprint density at radius 3 is 2.53 bits per heavy atom. The zero-order valence-electron chi connectivity index (χ0n) is 15.5. The SMILES string of the molecule is O=C(O)Cc1nn([C@H]2CN(S(=O)(=O)c3ccc(O)cc3)C[C@@H]2O)c2cc(F)ccc12. The van der Waals surface area contributed by atoms with Crippen LogP contribution in [0.5, 0.6) is 5.75 Å². The molecule has 2 atom stereocenters. The van der Waals surface area contributed by atoms with Crippen LogP contribution in [0.3, 0.4) is 0 Å². The molecule has 0 saturated carbocycles. The van der Waals surface area contributed by atoms with Crippen LogP contribution in [0.25, 0.3) is 10.9 Å². The number of nitrogens with zero attached hydrogens (tertiary/aromatic N) is 3. The predicted octanol–water partition coefficient (Wildman–Crippen LogP) is 1.11. The molecule has 11 heteroatoms. The molecule has 2 aromatic carbocycles.